The molecule has 0 N–H and O–H groups in total. The van der Waals surface area contributed by atoms with E-state index in [-0.39, 0.29) is 11.3 Å². The summed E-state index contributed by atoms with van der Waals surface area (Å²) >= 11 is 3.13. The molecule has 0 saturated carbocycles. The summed E-state index contributed by atoms with van der Waals surface area (Å²) in [5, 5.41) is 1.64. The molecule has 2 aliphatic rings. The van der Waals surface area contributed by atoms with Gasteiger partial charge in [-0.25, -0.2) is 8.42 Å². The molecule has 0 spiro atoms. The van der Waals surface area contributed by atoms with E-state index in [1.54, 1.807) is 17.8 Å². The lowest BCUT2D eigenvalue weighted by atomic mass is 10.2. The molecule has 18 heavy (non-hydrogen) atoms. The van der Waals surface area contributed by atoms with Crippen molar-refractivity contribution in [2.75, 3.05) is 24.6 Å². The van der Waals surface area contributed by atoms with Gasteiger partial charge >= 0.3 is 0 Å². The van der Waals surface area contributed by atoms with Crippen molar-refractivity contribution < 1.29 is 8.42 Å². The number of thiophene rings is 1. The third-order valence-electron chi connectivity index (χ3n) is 3.78. The van der Waals surface area contributed by atoms with Gasteiger partial charge in [-0.3, -0.25) is 4.90 Å². The molecule has 3 rings (SSSR count). The SMILES string of the molecule is O=S(=O)(c1cccs1)[C@H]1CSC[C@@H]1N1CCCC1. The average Bonchev–Trinajstić information content (AvgIpc) is 3.11. The van der Waals surface area contributed by atoms with Crippen molar-refractivity contribution in [3.8, 4) is 0 Å². The van der Waals surface area contributed by atoms with Crippen molar-refractivity contribution in [1.29, 1.82) is 0 Å². The Hall–Kier alpha value is -0.0400. The van der Waals surface area contributed by atoms with Gasteiger partial charge in [0.05, 0.1) is 5.25 Å². The monoisotopic (exact) mass is 303 g/mol. The van der Waals surface area contributed by atoms with Crippen molar-refractivity contribution in [2.45, 2.75) is 28.3 Å². The van der Waals surface area contributed by atoms with E-state index in [1.807, 2.05) is 11.4 Å². The highest BCUT2D eigenvalue weighted by atomic mass is 32.2. The van der Waals surface area contributed by atoms with Crippen LogP contribution in [0.15, 0.2) is 21.7 Å². The molecule has 3 heterocycles. The lowest BCUT2D eigenvalue weighted by Gasteiger charge is -2.27. The van der Waals surface area contributed by atoms with Gasteiger partial charge in [-0.1, -0.05) is 6.07 Å². The van der Waals surface area contributed by atoms with Crippen molar-refractivity contribution in [3.63, 3.8) is 0 Å². The minimum absolute atomic E-state index is 0.209. The van der Waals surface area contributed by atoms with Crippen LogP contribution in [0.5, 0.6) is 0 Å². The standard InChI is InChI=1S/C12H17NO2S3/c14-18(15,12-4-3-7-17-12)11-9-16-8-10(11)13-5-1-2-6-13/h3-4,7,10-11H,1-2,5-6,8-9H2/t10-,11-/m0/s1. The van der Waals surface area contributed by atoms with E-state index in [0.29, 0.717) is 4.21 Å². The first kappa shape index (κ1) is 13.0. The fourth-order valence-corrected chi connectivity index (χ4v) is 7.98. The molecule has 100 valence electrons. The van der Waals surface area contributed by atoms with Gasteiger partial charge in [-0.05, 0) is 37.4 Å². The number of nitrogens with zero attached hydrogens (tertiary/aromatic N) is 1. The van der Waals surface area contributed by atoms with E-state index < -0.39 is 9.84 Å². The van der Waals surface area contributed by atoms with Gasteiger partial charge in [0.2, 0.25) is 0 Å². The smallest absolute Gasteiger partial charge is 0.192 e. The first-order valence-corrected chi connectivity index (χ1v) is 9.87. The molecule has 1 aromatic heterocycles. The number of rotatable bonds is 3. The Morgan fingerprint density at radius 1 is 1.22 bits per heavy atom. The molecule has 2 fully saturated rings. The Morgan fingerprint density at radius 2 is 2.00 bits per heavy atom. The van der Waals surface area contributed by atoms with E-state index in [1.165, 1.54) is 24.2 Å². The Morgan fingerprint density at radius 3 is 2.67 bits per heavy atom. The highest BCUT2D eigenvalue weighted by Crippen LogP contribution is 2.34. The second kappa shape index (κ2) is 5.15. The Kier molecular flexibility index (Phi) is 3.71. The fraction of sp³-hybridized carbons (Fsp3) is 0.667. The average molecular weight is 303 g/mol. The molecule has 6 heteroatoms. The maximum Gasteiger partial charge on any atom is 0.192 e. The molecule has 0 aliphatic carbocycles. The third kappa shape index (κ3) is 2.24. The van der Waals surface area contributed by atoms with Crippen LogP contribution >= 0.6 is 23.1 Å². The Bertz CT molecular complexity index is 491. The molecule has 3 nitrogen and oxygen atoms in total. The second-order valence-electron chi connectivity index (χ2n) is 4.86. The molecule has 2 saturated heterocycles. The minimum atomic E-state index is -3.13. The summed E-state index contributed by atoms with van der Waals surface area (Å²) < 4.78 is 25.8. The van der Waals surface area contributed by atoms with Gasteiger partial charge in [0, 0.05) is 17.5 Å². The quantitative estimate of drug-likeness (QED) is 0.857. The van der Waals surface area contributed by atoms with Gasteiger partial charge in [0.15, 0.2) is 9.84 Å². The summed E-state index contributed by atoms with van der Waals surface area (Å²) in [5.41, 5.74) is 0. The molecule has 1 aromatic rings. The molecular weight excluding hydrogens is 286 g/mol. The summed E-state index contributed by atoms with van der Waals surface area (Å²) in [5.74, 6) is 1.72. The molecule has 2 atom stereocenters. The van der Waals surface area contributed by atoms with Crippen LogP contribution in [0.3, 0.4) is 0 Å². The van der Waals surface area contributed by atoms with Crippen LogP contribution in [0.4, 0.5) is 0 Å². The van der Waals surface area contributed by atoms with Gasteiger partial charge in [-0.2, -0.15) is 11.8 Å². The minimum Gasteiger partial charge on any atom is -0.298 e. The lowest BCUT2D eigenvalue weighted by Crippen LogP contribution is -2.44. The first-order chi connectivity index (χ1) is 8.69. The van der Waals surface area contributed by atoms with Crippen molar-refractivity contribution in [3.05, 3.63) is 17.5 Å². The molecule has 0 radical (unpaired) electrons. The van der Waals surface area contributed by atoms with Crippen molar-refractivity contribution in [2.24, 2.45) is 0 Å². The number of hydrogen-bond donors (Lipinski definition) is 0. The number of sulfone groups is 1. The Labute approximate surface area is 116 Å². The molecule has 0 bridgehead atoms. The summed E-state index contributed by atoms with van der Waals surface area (Å²) in [6.07, 6.45) is 2.43. The third-order valence-corrected chi connectivity index (χ3v) is 8.79. The molecular formula is C12H17NO2S3. The maximum absolute atomic E-state index is 12.6. The molecule has 0 aromatic carbocycles. The number of likely N-dealkylation sites (tertiary alicyclic amines) is 1. The van der Waals surface area contributed by atoms with Gasteiger partial charge in [-0.15, -0.1) is 11.3 Å². The van der Waals surface area contributed by atoms with E-state index >= 15 is 0 Å². The van der Waals surface area contributed by atoms with E-state index in [0.717, 1.165) is 24.6 Å². The predicted octanol–water partition coefficient (Wildman–Crippen LogP) is 2.10. The summed E-state index contributed by atoms with van der Waals surface area (Å²) in [6.45, 7) is 2.14. The largest absolute Gasteiger partial charge is 0.298 e. The predicted molar refractivity (Wildman–Crippen MR) is 77.2 cm³/mol. The van der Waals surface area contributed by atoms with Crippen LogP contribution in [0, 0.1) is 0 Å². The van der Waals surface area contributed by atoms with Crippen LogP contribution in [0.25, 0.3) is 0 Å². The second-order valence-corrected chi connectivity index (χ2v) is 9.28. The molecule has 0 unspecified atom stereocenters. The normalized spacial score (nSPS) is 30.0. The van der Waals surface area contributed by atoms with Crippen molar-refractivity contribution >= 4 is 32.9 Å². The van der Waals surface area contributed by atoms with Crippen LogP contribution in [0.2, 0.25) is 0 Å². The summed E-state index contributed by atoms with van der Waals surface area (Å²) in [6, 6.07) is 3.79. The molecule has 2 aliphatic heterocycles. The van der Waals surface area contributed by atoms with Gasteiger partial charge in [0.1, 0.15) is 4.21 Å². The zero-order valence-electron chi connectivity index (χ0n) is 10.1. The number of thioether (sulfide) groups is 1. The van der Waals surface area contributed by atoms with Gasteiger partial charge < -0.3 is 0 Å². The zero-order valence-corrected chi connectivity index (χ0v) is 12.6. The number of hydrogen-bond acceptors (Lipinski definition) is 5. The summed E-state index contributed by atoms with van der Waals surface area (Å²) in [4.78, 5) is 2.38. The molecule has 0 amide bonds. The maximum atomic E-state index is 12.6. The van der Waals surface area contributed by atoms with E-state index in [9.17, 15) is 8.42 Å². The van der Waals surface area contributed by atoms with E-state index in [2.05, 4.69) is 4.90 Å². The van der Waals surface area contributed by atoms with Crippen LogP contribution in [-0.2, 0) is 9.84 Å². The van der Waals surface area contributed by atoms with E-state index in [4.69, 9.17) is 0 Å². The van der Waals surface area contributed by atoms with Crippen molar-refractivity contribution in [1.82, 2.24) is 4.90 Å². The van der Waals surface area contributed by atoms with Crippen LogP contribution in [0.1, 0.15) is 12.8 Å². The highest BCUT2D eigenvalue weighted by molar-refractivity contribution is 8.02. The summed E-state index contributed by atoms with van der Waals surface area (Å²) in [7, 11) is -3.13. The van der Waals surface area contributed by atoms with Crippen LogP contribution in [-0.4, -0.2) is 49.2 Å². The highest BCUT2D eigenvalue weighted by Gasteiger charge is 2.42. The lowest BCUT2D eigenvalue weighted by molar-refractivity contribution is 0.265. The van der Waals surface area contributed by atoms with Crippen LogP contribution < -0.4 is 0 Å². The topological polar surface area (TPSA) is 37.4 Å². The zero-order chi connectivity index (χ0) is 12.6. The fourth-order valence-electron chi connectivity index (χ4n) is 2.81. The van der Waals surface area contributed by atoms with Gasteiger partial charge in [0.25, 0.3) is 0 Å². The first-order valence-electron chi connectivity index (χ1n) is 6.29. The Balaban J connectivity index is 1.86.